The van der Waals surface area contributed by atoms with Crippen LogP contribution in [0.15, 0.2) is 42.5 Å². The predicted molar refractivity (Wildman–Crippen MR) is 83.9 cm³/mol. The van der Waals surface area contributed by atoms with E-state index < -0.39 is 0 Å². The number of carbonyl (C=O) groups is 1. The number of nitrogens with one attached hydrogen (secondary N) is 2. The lowest BCUT2D eigenvalue weighted by molar-refractivity contribution is -0.121. The zero-order valence-electron chi connectivity index (χ0n) is 12.5. The number of fused-ring (bicyclic) bond motifs is 1. The van der Waals surface area contributed by atoms with Crippen LogP contribution in [0.4, 0.5) is 10.1 Å². The maximum atomic E-state index is 13.4. The molecular weight excluding hydrogens is 299 g/mol. The first-order chi connectivity index (χ1) is 11.2. The topological polar surface area (TPSA) is 59.6 Å². The fourth-order valence-corrected chi connectivity index (χ4v) is 2.26. The van der Waals surface area contributed by atoms with Gasteiger partial charge in [-0.05, 0) is 29.8 Å². The molecule has 0 spiro atoms. The summed E-state index contributed by atoms with van der Waals surface area (Å²) >= 11 is 0. The van der Waals surface area contributed by atoms with Crippen molar-refractivity contribution in [1.82, 2.24) is 5.32 Å². The van der Waals surface area contributed by atoms with Crippen molar-refractivity contribution in [3.05, 3.63) is 53.8 Å². The zero-order valence-corrected chi connectivity index (χ0v) is 12.5. The first kappa shape index (κ1) is 15.1. The van der Waals surface area contributed by atoms with Crippen molar-refractivity contribution < 1.29 is 18.7 Å². The van der Waals surface area contributed by atoms with Crippen LogP contribution in [0.2, 0.25) is 0 Å². The smallest absolute Gasteiger partial charge is 0.231 e. The maximum Gasteiger partial charge on any atom is 0.231 e. The average Bonchev–Trinajstić information content (AvgIpc) is 3.02. The van der Waals surface area contributed by atoms with Gasteiger partial charge in [0.1, 0.15) is 5.82 Å². The Morgan fingerprint density at radius 1 is 1.13 bits per heavy atom. The molecule has 2 N–H and O–H groups in total. The monoisotopic (exact) mass is 316 g/mol. The minimum absolute atomic E-state index is 0.105. The molecule has 0 saturated heterocycles. The van der Waals surface area contributed by atoms with Gasteiger partial charge < -0.3 is 20.1 Å². The van der Waals surface area contributed by atoms with Gasteiger partial charge in [0.2, 0.25) is 12.7 Å². The van der Waals surface area contributed by atoms with Crippen LogP contribution in [0.5, 0.6) is 11.5 Å². The summed E-state index contributed by atoms with van der Waals surface area (Å²) in [6.07, 6.45) is 0.263. The number of carbonyl (C=O) groups excluding carboxylic acids is 1. The number of hydrogen-bond donors (Lipinski definition) is 2. The quantitative estimate of drug-likeness (QED) is 0.860. The summed E-state index contributed by atoms with van der Waals surface area (Å²) in [5.74, 6) is 0.979. The van der Waals surface area contributed by atoms with E-state index in [9.17, 15) is 9.18 Å². The Morgan fingerprint density at radius 2 is 1.96 bits per heavy atom. The Labute approximate surface area is 133 Å². The van der Waals surface area contributed by atoms with E-state index in [0.717, 1.165) is 5.56 Å². The van der Waals surface area contributed by atoms with E-state index in [2.05, 4.69) is 10.6 Å². The van der Waals surface area contributed by atoms with Gasteiger partial charge in [-0.25, -0.2) is 4.39 Å². The molecule has 120 valence electrons. The van der Waals surface area contributed by atoms with Crippen LogP contribution in [0, 0.1) is 5.82 Å². The van der Waals surface area contributed by atoms with Crippen LogP contribution in [0.3, 0.4) is 0 Å². The predicted octanol–water partition coefficient (Wildman–Crippen LogP) is 2.67. The molecule has 1 heterocycles. The van der Waals surface area contributed by atoms with Gasteiger partial charge >= 0.3 is 0 Å². The zero-order chi connectivity index (χ0) is 16.1. The molecule has 1 amide bonds. The Bertz CT molecular complexity index is 706. The molecule has 0 aromatic heterocycles. The lowest BCUT2D eigenvalue weighted by Gasteiger charge is -2.08. The van der Waals surface area contributed by atoms with Crippen molar-refractivity contribution in [2.24, 2.45) is 0 Å². The molecule has 1 aliphatic heterocycles. The Hall–Kier alpha value is -2.76. The van der Waals surface area contributed by atoms with E-state index in [-0.39, 0.29) is 24.9 Å². The second-order valence-electron chi connectivity index (χ2n) is 5.12. The number of para-hydroxylation sites is 1. The molecule has 23 heavy (non-hydrogen) atoms. The van der Waals surface area contributed by atoms with Crippen molar-refractivity contribution in [1.29, 1.82) is 0 Å². The van der Waals surface area contributed by atoms with Crippen LogP contribution in [0.1, 0.15) is 12.0 Å². The minimum Gasteiger partial charge on any atom is -0.454 e. The summed E-state index contributed by atoms with van der Waals surface area (Å²) in [4.78, 5) is 11.8. The molecule has 1 aliphatic rings. The van der Waals surface area contributed by atoms with Gasteiger partial charge in [0.25, 0.3) is 0 Å². The van der Waals surface area contributed by atoms with Crippen molar-refractivity contribution >= 4 is 11.6 Å². The van der Waals surface area contributed by atoms with Crippen molar-refractivity contribution in [2.75, 3.05) is 18.7 Å². The van der Waals surface area contributed by atoms with E-state index in [4.69, 9.17) is 9.47 Å². The first-order valence-corrected chi connectivity index (χ1v) is 7.36. The number of anilines is 1. The molecule has 6 heteroatoms. The maximum absolute atomic E-state index is 13.4. The van der Waals surface area contributed by atoms with Crippen molar-refractivity contribution in [3.8, 4) is 11.5 Å². The number of ether oxygens (including phenoxy) is 2. The number of benzene rings is 2. The number of amides is 1. The van der Waals surface area contributed by atoms with Gasteiger partial charge in [0.05, 0.1) is 5.69 Å². The fourth-order valence-electron chi connectivity index (χ4n) is 2.26. The van der Waals surface area contributed by atoms with Crippen LogP contribution in [-0.2, 0) is 11.3 Å². The third-order valence-electron chi connectivity index (χ3n) is 3.47. The summed E-state index contributed by atoms with van der Waals surface area (Å²) in [6.45, 7) is 1.01. The number of hydrogen-bond acceptors (Lipinski definition) is 4. The van der Waals surface area contributed by atoms with E-state index in [1.54, 1.807) is 18.2 Å². The third-order valence-corrected chi connectivity index (χ3v) is 3.47. The number of rotatable bonds is 6. The lowest BCUT2D eigenvalue weighted by Crippen LogP contribution is -2.24. The molecule has 2 aromatic carbocycles. The molecule has 0 saturated carbocycles. The standard InChI is InChI=1S/C17H17FN2O3/c18-13-3-1-2-4-14(13)19-8-7-17(21)20-10-12-5-6-15-16(9-12)23-11-22-15/h1-6,9,19H,7-8,10-11H2,(H,20,21). The summed E-state index contributed by atoms with van der Waals surface area (Å²) in [5, 5.41) is 5.73. The van der Waals surface area contributed by atoms with Crippen molar-refractivity contribution in [3.63, 3.8) is 0 Å². The summed E-state index contributed by atoms with van der Waals surface area (Å²) < 4.78 is 23.9. The van der Waals surface area contributed by atoms with E-state index in [1.165, 1.54) is 6.07 Å². The van der Waals surface area contributed by atoms with Gasteiger partial charge in [0.15, 0.2) is 11.5 Å². The van der Waals surface area contributed by atoms with E-state index >= 15 is 0 Å². The highest BCUT2D eigenvalue weighted by atomic mass is 19.1. The minimum atomic E-state index is -0.326. The van der Waals surface area contributed by atoms with E-state index in [1.807, 2.05) is 18.2 Å². The largest absolute Gasteiger partial charge is 0.454 e. The first-order valence-electron chi connectivity index (χ1n) is 7.36. The summed E-state index contributed by atoms with van der Waals surface area (Å²) in [7, 11) is 0. The second-order valence-corrected chi connectivity index (χ2v) is 5.12. The molecule has 0 bridgehead atoms. The second kappa shape index (κ2) is 7.00. The molecular formula is C17H17FN2O3. The van der Waals surface area contributed by atoms with Crippen LogP contribution >= 0.6 is 0 Å². The molecule has 0 aliphatic carbocycles. The molecule has 2 aromatic rings. The Balaban J connectivity index is 1.42. The van der Waals surface area contributed by atoms with Crippen molar-refractivity contribution in [2.45, 2.75) is 13.0 Å². The van der Waals surface area contributed by atoms with Gasteiger partial charge in [0, 0.05) is 19.5 Å². The van der Waals surface area contributed by atoms with Gasteiger partial charge in [-0.15, -0.1) is 0 Å². The molecule has 0 unspecified atom stereocenters. The van der Waals surface area contributed by atoms with E-state index in [0.29, 0.717) is 30.3 Å². The highest BCUT2D eigenvalue weighted by Crippen LogP contribution is 2.32. The molecule has 3 rings (SSSR count). The number of halogens is 1. The average molecular weight is 316 g/mol. The molecule has 5 nitrogen and oxygen atoms in total. The van der Waals surface area contributed by atoms with Crippen LogP contribution < -0.4 is 20.1 Å². The van der Waals surface area contributed by atoms with Gasteiger partial charge in [-0.1, -0.05) is 18.2 Å². The fraction of sp³-hybridized carbons (Fsp3) is 0.235. The lowest BCUT2D eigenvalue weighted by atomic mass is 10.2. The highest BCUT2D eigenvalue weighted by Gasteiger charge is 2.13. The summed E-state index contributed by atoms with van der Waals surface area (Å²) in [6, 6.07) is 11.9. The van der Waals surface area contributed by atoms with Crippen LogP contribution in [-0.4, -0.2) is 19.2 Å². The van der Waals surface area contributed by atoms with Crippen LogP contribution in [0.25, 0.3) is 0 Å². The van der Waals surface area contributed by atoms with Gasteiger partial charge in [-0.3, -0.25) is 4.79 Å². The van der Waals surface area contributed by atoms with Gasteiger partial charge in [-0.2, -0.15) is 0 Å². The third kappa shape index (κ3) is 3.91. The SMILES string of the molecule is O=C(CCNc1ccccc1F)NCc1ccc2c(c1)OCO2. The highest BCUT2D eigenvalue weighted by molar-refractivity contribution is 5.76. The molecule has 0 radical (unpaired) electrons. The summed E-state index contributed by atoms with van der Waals surface area (Å²) in [5.41, 5.74) is 1.33. The molecule has 0 fully saturated rings. The normalized spacial score (nSPS) is 12.0. The Kier molecular flexibility index (Phi) is 4.61. The molecule has 0 atom stereocenters. The Morgan fingerprint density at radius 3 is 2.83 bits per heavy atom.